The molecule has 6 rings (SSSR count). The van der Waals surface area contributed by atoms with Gasteiger partial charge in [0.15, 0.2) is 0 Å². The van der Waals surface area contributed by atoms with E-state index in [1.807, 2.05) is 53.7 Å². The Kier molecular flexibility index (Phi) is 6.67. The molecule has 0 saturated carbocycles. The minimum Gasteiger partial charge on any atom is -0.317 e. The lowest BCUT2D eigenvalue weighted by atomic mass is 9.76. The van der Waals surface area contributed by atoms with Gasteiger partial charge in [0, 0.05) is 29.5 Å². The summed E-state index contributed by atoms with van der Waals surface area (Å²) in [6.45, 7) is 3.77. The van der Waals surface area contributed by atoms with Crippen molar-refractivity contribution in [1.82, 2.24) is 14.5 Å². The van der Waals surface area contributed by atoms with Gasteiger partial charge in [-0.1, -0.05) is 109 Å². The van der Waals surface area contributed by atoms with Gasteiger partial charge in [-0.05, 0) is 41.8 Å². The third-order valence-corrected chi connectivity index (χ3v) is 7.83. The van der Waals surface area contributed by atoms with E-state index in [0.29, 0.717) is 24.7 Å². The molecule has 0 aliphatic carbocycles. The van der Waals surface area contributed by atoms with Crippen LogP contribution >= 0.6 is 11.6 Å². The summed E-state index contributed by atoms with van der Waals surface area (Å²) in [4.78, 5) is 21.9. The van der Waals surface area contributed by atoms with E-state index in [4.69, 9.17) is 16.6 Å². The summed E-state index contributed by atoms with van der Waals surface area (Å²) < 4.78 is 2.26. The van der Waals surface area contributed by atoms with Crippen LogP contribution in [0.3, 0.4) is 0 Å². The molecular weight excluding hydrogens is 504 g/mol. The predicted octanol–water partition coefficient (Wildman–Crippen LogP) is 7.13. The highest BCUT2D eigenvalue weighted by molar-refractivity contribution is 6.30. The molecule has 194 valence electrons. The molecule has 0 atom stereocenters. The van der Waals surface area contributed by atoms with Crippen molar-refractivity contribution in [1.29, 1.82) is 0 Å². The maximum atomic E-state index is 13.4. The summed E-state index contributed by atoms with van der Waals surface area (Å²) in [6, 6.07) is 39.0. The van der Waals surface area contributed by atoms with E-state index in [1.54, 1.807) is 4.90 Å². The van der Waals surface area contributed by atoms with Crippen LogP contribution in [-0.4, -0.2) is 33.6 Å². The number of carbonyl (C=O) groups is 1. The fourth-order valence-corrected chi connectivity index (χ4v) is 5.87. The molecule has 2 amide bonds. The maximum Gasteiger partial charge on any atom is 0.324 e. The molecule has 1 saturated heterocycles. The number of benzene rings is 4. The molecule has 4 aromatic carbocycles. The van der Waals surface area contributed by atoms with Gasteiger partial charge in [0.2, 0.25) is 0 Å². The van der Waals surface area contributed by atoms with Crippen molar-refractivity contribution in [2.45, 2.75) is 19.0 Å². The fraction of sp³-hybridized carbons (Fsp3) is 0.152. The molecule has 6 heteroatoms. The quantitative estimate of drug-likeness (QED) is 0.209. The Hall–Kier alpha value is -4.35. The standard InChI is InChI=1S/C33H29ClN4O/c1-25-31(23-36-20-21-37(32(36)39)30-19-11-18-29(34)22-30)35-24-38(25)33(26-12-5-2-6-13-26,27-14-7-3-8-15-27)28-16-9-4-10-17-28/h2-19,22,24H,20-21,23H2,1H3. The molecular formula is C33H29ClN4O. The highest BCUT2D eigenvalue weighted by Crippen LogP contribution is 2.42. The van der Waals surface area contributed by atoms with Crippen LogP contribution in [0.5, 0.6) is 0 Å². The summed E-state index contributed by atoms with van der Waals surface area (Å²) in [5.41, 5.74) is 5.48. The number of urea groups is 1. The van der Waals surface area contributed by atoms with Crippen LogP contribution in [0.1, 0.15) is 28.1 Å². The van der Waals surface area contributed by atoms with E-state index in [1.165, 1.54) is 0 Å². The van der Waals surface area contributed by atoms with Crippen molar-refractivity contribution < 1.29 is 4.79 Å². The van der Waals surface area contributed by atoms with E-state index >= 15 is 0 Å². The number of aromatic nitrogens is 2. The SMILES string of the molecule is Cc1c(CN2CCN(c3cccc(Cl)c3)C2=O)ncn1C(c1ccccc1)(c1ccccc1)c1ccccc1. The Morgan fingerprint density at radius 3 is 1.87 bits per heavy atom. The third kappa shape index (κ3) is 4.39. The van der Waals surface area contributed by atoms with Gasteiger partial charge >= 0.3 is 6.03 Å². The molecule has 0 unspecified atom stereocenters. The van der Waals surface area contributed by atoms with Crippen molar-refractivity contribution in [2.24, 2.45) is 0 Å². The minimum atomic E-state index is -0.638. The van der Waals surface area contributed by atoms with Crippen LogP contribution in [0.2, 0.25) is 5.02 Å². The smallest absolute Gasteiger partial charge is 0.317 e. The van der Waals surface area contributed by atoms with Crippen molar-refractivity contribution in [2.75, 3.05) is 18.0 Å². The van der Waals surface area contributed by atoms with Crippen LogP contribution < -0.4 is 4.90 Å². The Morgan fingerprint density at radius 2 is 1.33 bits per heavy atom. The van der Waals surface area contributed by atoms with Gasteiger partial charge in [0.05, 0.1) is 18.6 Å². The number of anilines is 1. The zero-order chi connectivity index (χ0) is 26.8. The first kappa shape index (κ1) is 25.0. The van der Waals surface area contributed by atoms with Crippen LogP contribution in [0.25, 0.3) is 0 Å². The Balaban J connectivity index is 1.43. The van der Waals surface area contributed by atoms with Gasteiger partial charge < -0.3 is 9.47 Å². The second-order valence-corrected chi connectivity index (χ2v) is 10.2. The summed E-state index contributed by atoms with van der Waals surface area (Å²) in [6.07, 6.45) is 1.92. The highest BCUT2D eigenvalue weighted by Gasteiger charge is 2.40. The van der Waals surface area contributed by atoms with Crippen molar-refractivity contribution in [3.8, 4) is 0 Å². The summed E-state index contributed by atoms with van der Waals surface area (Å²) in [5, 5.41) is 0.618. The topological polar surface area (TPSA) is 41.4 Å². The lowest BCUT2D eigenvalue weighted by Crippen LogP contribution is -2.38. The molecule has 0 N–H and O–H groups in total. The Bertz CT molecular complexity index is 1490. The average molecular weight is 533 g/mol. The maximum absolute atomic E-state index is 13.4. The lowest BCUT2D eigenvalue weighted by Gasteiger charge is -2.38. The summed E-state index contributed by atoms with van der Waals surface area (Å²) >= 11 is 6.19. The first-order valence-corrected chi connectivity index (χ1v) is 13.5. The number of imidazole rings is 1. The molecule has 0 spiro atoms. The molecule has 5 aromatic rings. The second kappa shape index (κ2) is 10.4. The monoisotopic (exact) mass is 532 g/mol. The lowest BCUT2D eigenvalue weighted by molar-refractivity contribution is 0.218. The minimum absolute atomic E-state index is 0.0355. The fourth-order valence-electron chi connectivity index (χ4n) is 5.69. The first-order chi connectivity index (χ1) is 19.1. The zero-order valence-electron chi connectivity index (χ0n) is 21.7. The Morgan fingerprint density at radius 1 is 0.769 bits per heavy atom. The van der Waals surface area contributed by atoms with E-state index < -0.39 is 5.54 Å². The van der Waals surface area contributed by atoms with Gasteiger partial charge in [-0.2, -0.15) is 0 Å². The van der Waals surface area contributed by atoms with Crippen LogP contribution in [-0.2, 0) is 12.1 Å². The number of hydrogen-bond donors (Lipinski definition) is 0. The van der Waals surface area contributed by atoms with Crippen LogP contribution in [0.15, 0.2) is 122 Å². The van der Waals surface area contributed by atoms with E-state index in [0.717, 1.165) is 33.8 Å². The van der Waals surface area contributed by atoms with Gasteiger partial charge in [0.1, 0.15) is 5.54 Å². The van der Waals surface area contributed by atoms with Gasteiger partial charge in [-0.3, -0.25) is 4.90 Å². The number of carbonyl (C=O) groups excluding carboxylic acids is 1. The van der Waals surface area contributed by atoms with Crippen LogP contribution in [0, 0.1) is 6.92 Å². The van der Waals surface area contributed by atoms with E-state index in [9.17, 15) is 4.79 Å². The number of amides is 2. The average Bonchev–Trinajstić information content (AvgIpc) is 3.53. The largest absolute Gasteiger partial charge is 0.324 e. The third-order valence-electron chi connectivity index (χ3n) is 7.60. The van der Waals surface area contributed by atoms with Crippen LogP contribution in [0.4, 0.5) is 10.5 Å². The predicted molar refractivity (Wildman–Crippen MR) is 156 cm³/mol. The second-order valence-electron chi connectivity index (χ2n) is 9.79. The summed E-state index contributed by atoms with van der Waals surface area (Å²) in [7, 11) is 0. The highest BCUT2D eigenvalue weighted by atomic mass is 35.5. The molecule has 1 aromatic heterocycles. The molecule has 0 bridgehead atoms. The van der Waals surface area contributed by atoms with E-state index in [2.05, 4.69) is 84.3 Å². The summed E-state index contributed by atoms with van der Waals surface area (Å²) in [5.74, 6) is 0. The molecule has 0 radical (unpaired) electrons. The molecule has 1 aliphatic heterocycles. The van der Waals surface area contributed by atoms with E-state index in [-0.39, 0.29) is 6.03 Å². The van der Waals surface area contributed by atoms with Crippen molar-refractivity contribution in [3.05, 3.63) is 155 Å². The van der Waals surface area contributed by atoms with Crippen molar-refractivity contribution in [3.63, 3.8) is 0 Å². The number of halogens is 1. The number of hydrogen-bond acceptors (Lipinski definition) is 2. The molecule has 1 fully saturated rings. The molecule has 2 heterocycles. The zero-order valence-corrected chi connectivity index (χ0v) is 22.5. The number of rotatable bonds is 7. The van der Waals surface area contributed by atoms with Gasteiger partial charge in [-0.15, -0.1) is 0 Å². The molecule has 5 nitrogen and oxygen atoms in total. The molecule has 1 aliphatic rings. The van der Waals surface area contributed by atoms with Gasteiger partial charge in [-0.25, -0.2) is 9.78 Å². The number of nitrogens with zero attached hydrogens (tertiary/aromatic N) is 4. The Labute approximate surface area is 233 Å². The van der Waals surface area contributed by atoms with Crippen molar-refractivity contribution >= 4 is 23.3 Å². The first-order valence-electron chi connectivity index (χ1n) is 13.1. The molecule has 39 heavy (non-hydrogen) atoms. The normalized spacial score (nSPS) is 13.7. The van der Waals surface area contributed by atoms with Gasteiger partial charge in [0.25, 0.3) is 0 Å².